The summed E-state index contributed by atoms with van der Waals surface area (Å²) >= 11 is 0. The van der Waals surface area contributed by atoms with Crippen LogP contribution >= 0.6 is 0 Å². The number of aliphatic hydroxyl groups excluding tert-OH is 1. The van der Waals surface area contributed by atoms with Gasteiger partial charge in [-0.25, -0.2) is 0 Å². The van der Waals surface area contributed by atoms with Gasteiger partial charge in [-0.05, 0) is 44.0 Å². The summed E-state index contributed by atoms with van der Waals surface area (Å²) in [5.41, 5.74) is 0.709. The maximum absolute atomic E-state index is 11.9. The van der Waals surface area contributed by atoms with Gasteiger partial charge in [0.25, 0.3) is 0 Å². The molecule has 0 bridgehead atoms. The third-order valence-corrected chi connectivity index (χ3v) is 2.83. The van der Waals surface area contributed by atoms with Crippen LogP contribution in [0.25, 0.3) is 0 Å². The highest BCUT2D eigenvalue weighted by Gasteiger charge is 2.21. The average Bonchev–Trinajstić information content (AvgIpc) is 2.31. The van der Waals surface area contributed by atoms with Crippen molar-refractivity contribution in [1.82, 2.24) is 0 Å². The summed E-state index contributed by atoms with van der Waals surface area (Å²) in [6.45, 7) is 7.62. The molecule has 0 aliphatic heterocycles. The topological polar surface area (TPSA) is 58.6 Å². The Bertz CT molecular complexity index is 398. The number of aliphatic hydroxyl groups is 1. The summed E-state index contributed by atoms with van der Waals surface area (Å²) in [5.74, 6) is 0.339. The van der Waals surface area contributed by atoms with Crippen LogP contribution in [0.3, 0.4) is 0 Å². The molecule has 0 saturated heterocycles. The lowest BCUT2D eigenvalue weighted by molar-refractivity contribution is -0.122. The van der Waals surface area contributed by atoms with Gasteiger partial charge in [0.1, 0.15) is 5.75 Å². The molecular weight excluding hydrogens is 242 g/mol. The minimum atomic E-state index is -0.383. The first-order valence-electron chi connectivity index (χ1n) is 6.62. The van der Waals surface area contributed by atoms with Gasteiger partial charge >= 0.3 is 0 Å². The molecular formula is C15H23NO3. The largest absolute Gasteiger partial charge is 0.491 e. The third-order valence-electron chi connectivity index (χ3n) is 2.83. The first-order valence-corrected chi connectivity index (χ1v) is 6.62. The van der Waals surface area contributed by atoms with Crippen molar-refractivity contribution in [3.05, 3.63) is 24.3 Å². The predicted octanol–water partition coefficient (Wildman–Crippen LogP) is 2.68. The molecule has 1 amide bonds. The zero-order valence-corrected chi connectivity index (χ0v) is 12.0. The van der Waals surface area contributed by atoms with E-state index in [1.807, 2.05) is 39.8 Å². The van der Waals surface area contributed by atoms with E-state index in [-0.39, 0.29) is 30.5 Å². The van der Waals surface area contributed by atoms with E-state index in [0.29, 0.717) is 5.69 Å². The molecule has 0 aliphatic carbocycles. The second kappa shape index (κ2) is 7.14. The Balaban J connectivity index is 2.64. The normalized spacial score (nSPS) is 12.6. The van der Waals surface area contributed by atoms with Gasteiger partial charge in [0.2, 0.25) is 5.91 Å². The number of benzene rings is 1. The molecule has 0 spiro atoms. The van der Waals surface area contributed by atoms with Crippen LogP contribution in [0.4, 0.5) is 5.69 Å². The Morgan fingerprint density at radius 1 is 1.21 bits per heavy atom. The molecule has 0 fully saturated rings. The minimum Gasteiger partial charge on any atom is -0.491 e. The fraction of sp³-hybridized carbons (Fsp3) is 0.533. The quantitative estimate of drug-likeness (QED) is 0.831. The lowest BCUT2D eigenvalue weighted by Gasteiger charge is -2.18. The van der Waals surface area contributed by atoms with Gasteiger partial charge < -0.3 is 15.2 Å². The monoisotopic (exact) mass is 265 g/mol. The molecule has 0 aromatic heterocycles. The standard InChI is InChI=1S/C15H23NO3/c1-10(2)14(9-17)15(18)16-12-5-7-13(8-6-12)19-11(3)4/h5-8,10-11,14,17H,9H2,1-4H3,(H,16,18). The minimum absolute atomic E-state index is 0.105. The Hall–Kier alpha value is -1.55. The molecule has 1 atom stereocenters. The van der Waals surface area contributed by atoms with Crippen LogP contribution in [0.1, 0.15) is 27.7 Å². The molecule has 1 unspecified atom stereocenters. The second-order valence-electron chi connectivity index (χ2n) is 5.21. The number of anilines is 1. The predicted molar refractivity (Wildman–Crippen MR) is 76.2 cm³/mol. The van der Waals surface area contributed by atoms with Crippen molar-refractivity contribution in [3.63, 3.8) is 0 Å². The van der Waals surface area contributed by atoms with Crippen LogP contribution in [0.2, 0.25) is 0 Å². The molecule has 2 N–H and O–H groups in total. The van der Waals surface area contributed by atoms with E-state index < -0.39 is 0 Å². The van der Waals surface area contributed by atoms with Gasteiger partial charge in [-0.2, -0.15) is 0 Å². The van der Waals surface area contributed by atoms with E-state index in [9.17, 15) is 9.90 Å². The van der Waals surface area contributed by atoms with E-state index in [1.165, 1.54) is 0 Å². The molecule has 0 radical (unpaired) electrons. The highest BCUT2D eigenvalue weighted by Crippen LogP contribution is 2.19. The molecule has 106 valence electrons. The maximum atomic E-state index is 11.9. The first-order chi connectivity index (χ1) is 8.93. The smallest absolute Gasteiger partial charge is 0.230 e. The van der Waals surface area contributed by atoms with Gasteiger partial charge in [0.05, 0.1) is 18.6 Å². The SMILES string of the molecule is CC(C)Oc1ccc(NC(=O)C(CO)C(C)C)cc1. The van der Waals surface area contributed by atoms with Crippen LogP contribution < -0.4 is 10.1 Å². The van der Waals surface area contributed by atoms with Gasteiger partial charge in [0, 0.05) is 5.69 Å². The zero-order valence-electron chi connectivity index (χ0n) is 12.0. The van der Waals surface area contributed by atoms with Crippen molar-refractivity contribution in [2.45, 2.75) is 33.8 Å². The Morgan fingerprint density at radius 3 is 2.21 bits per heavy atom. The number of nitrogens with one attached hydrogen (secondary N) is 1. The summed E-state index contributed by atoms with van der Waals surface area (Å²) in [4.78, 5) is 11.9. The maximum Gasteiger partial charge on any atom is 0.230 e. The number of hydrogen-bond donors (Lipinski definition) is 2. The summed E-state index contributed by atoms with van der Waals surface area (Å²) in [6, 6.07) is 7.23. The highest BCUT2D eigenvalue weighted by molar-refractivity contribution is 5.92. The molecule has 4 nitrogen and oxygen atoms in total. The van der Waals surface area contributed by atoms with Gasteiger partial charge in [-0.1, -0.05) is 13.8 Å². The van der Waals surface area contributed by atoms with Gasteiger partial charge in [-0.15, -0.1) is 0 Å². The molecule has 1 rings (SSSR count). The fourth-order valence-corrected chi connectivity index (χ4v) is 1.72. The van der Waals surface area contributed by atoms with Crippen molar-refractivity contribution in [1.29, 1.82) is 0 Å². The lowest BCUT2D eigenvalue weighted by Crippen LogP contribution is -2.29. The van der Waals surface area contributed by atoms with Crippen molar-refractivity contribution >= 4 is 11.6 Å². The summed E-state index contributed by atoms with van der Waals surface area (Å²) < 4.78 is 5.53. The summed E-state index contributed by atoms with van der Waals surface area (Å²) in [5, 5.41) is 12.0. The zero-order chi connectivity index (χ0) is 14.4. The number of carbonyl (C=O) groups is 1. The fourth-order valence-electron chi connectivity index (χ4n) is 1.72. The number of carbonyl (C=O) groups excluding carboxylic acids is 1. The summed E-state index contributed by atoms with van der Waals surface area (Å²) in [6.07, 6.45) is 0.125. The van der Waals surface area contributed by atoms with Crippen molar-refractivity contribution in [3.8, 4) is 5.75 Å². The molecule has 1 aromatic carbocycles. The Morgan fingerprint density at radius 2 is 1.79 bits per heavy atom. The van der Waals surface area contributed by atoms with Crippen LogP contribution in [0.5, 0.6) is 5.75 Å². The second-order valence-corrected chi connectivity index (χ2v) is 5.21. The van der Waals surface area contributed by atoms with Crippen LogP contribution in [-0.4, -0.2) is 23.7 Å². The van der Waals surface area contributed by atoms with Crippen molar-refractivity contribution in [2.24, 2.45) is 11.8 Å². The highest BCUT2D eigenvalue weighted by atomic mass is 16.5. The van der Waals surface area contributed by atoms with Crippen molar-refractivity contribution < 1.29 is 14.6 Å². The van der Waals surface area contributed by atoms with E-state index in [2.05, 4.69) is 5.32 Å². The van der Waals surface area contributed by atoms with E-state index in [4.69, 9.17) is 4.74 Å². The van der Waals surface area contributed by atoms with Crippen LogP contribution in [-0.2, 0) is 4.79 Å². The molecule has 0 heterocycles. The van der Waals surface area contributed by atoms with Crippen LogP contribution in [0.15, 0.2) is 24.3 Å². The lowest BCUT2D eigenvalue weighted by atomic mass is 9.96. The average molecular weight is 265 g/mol. The number of ether oxygens (including phenoxy) is 1. The first kappa shape index (κ1) is 15.5. The third kappa shape index (κ3) is 4.91. The molecule has 4 heteroatoms. The number of hydrogen-bond acceptors (Lipinski definition) is 3. The van der Waals surface area contributed by atoms with E-state index >= 15 is 0 Å². The van der Waals surface area contributed by atoms with Gasteiger partial charge in [-0.3, -0.25) is 4.79 Å². The number of amides is 1. The summed E-state index contributed by atoms with van der Waals surface area (Å²) in [7, 11) is 0. The van der Waals surface area contributed by atoms with E-state index in [0.717, 1.165) is 5.75 Å². The molecule has 19 heavy (non-hydrogen) atoms. The van der Waals surface area contributed by atoms with E-state index in [1.54, 1.807) is 12.1 Å². The Labute approximate surface area is 114 Å². The molecule has 0 aliphatic rings. The van der Waals surface area contributed by atoms with Crippen LogP contribution in [0, 0.1) is 11.8 Å². The number of rotatable bonds is 6. The van der Waals surface area contributed by atoms with Gasteiger partial charge in [0.15, 0.2) is 0 Å². The molecule has 1 aromatic rings. The Kier molecular flexibility index (Phi) is 5.83. The molecule has 0 saturated carbocycles. The van der Waals surface area contributed by atoms with Crippen molar-refractivity contribution in [2.75, 3.05) is 11.9 Å².